The van der Waals surface area contributed by atoms with Crippen LogP contribution in [0.1, 0.15) is 23.1 Å². The summed E-state index contributed by atoms with van der Waals surface area (Å²) in [5, 5.41) is 11.6. The molecule has 0 bridgehead atoms. The molecule has 1 aliphatic heterocycles. The van der Waals surface area contributed by atoms with Crippen molar-refractivity contribution in [2.45, 2.75) is 17.4 Å². The quantitative estimate of drug-likeness (QED) is 0.412. The van der Waals surface area contributed by atoms with Crippen LogP contribution in [0.3, 0.4) is 0 Å². The molecule has 6 nitrogen and oxygen atoms in total. The van der Waals surface area contributed by atoms with Crippen LogP contribution in [-0.4, -0.2) is 25.4 Å². The van der Waals surface area contributed by atoms with E-state index in [0.717, 1.165) is 39.2 Å². The molecule has 0 saturated heterocycles. The third kappa shape index (κ3) is 3.60. The van der Waals surface area contributed by atoms with Crippen LogP contribution in [-0.2, 0) is 9.84 Å². The molecule has 1 atom stereocenters. The van der Waals surface area contributed by atoms with Crippen molar-refractivity contribution in [3.63, 3.8) is 0 Å². The first kappa shape index (κ1) is 19.2. The Hall–Kier alpha value is -2.75. The van der Waals surface area contributed by atoms with Crippen LogP contribution >= 0.6 is 22.7 Å². The number of hydrogen-bond acceptors (Lipinski definition) is 8. The summed E-state index contributed by atoms with van der Waals surface area (Å²) >= 11 is 3.17. The van der Waals surface area contributed by atoms with Crippen molar-refractivity contribution < 1.29 is 12.8 Å². The summed E-state index contributed by atoms with van der Waals surface area (Å²) in [7, 11) is -3.22. The van der Waals surface area contributed by atoms with Crippen LogP contribution < -0.4 is 5.01 Å². The first-order chi connectivity index (χ1) is 14.5. The fourth-order valence-electron chi connectivity index (χ4n) is 3.36. The minimum atomic E-state index is -3.22. The Bertz CT molecular complexity index is 1290. The van der Waals surface area contributed by atoms with Gasteiger partial charge in [0.05, 0.1) is 27.4 Å². The molecule has 0 saturated carbocycles. The Kier molecular flexibility index (Phi) is 4.80. The lowest BCUT2D eigenvalue weighted by molar-refractivity contribution is 0.465. The van der Waals surface area contributed by atoms with E-state index < -0.39 is 9.84 Å². The van der Waals surface area contributed by atoms with Crippen molar-refractivity contribution in [3.8, 4) is 11.3 Å². The van der Waals surface area contributed by atoms with Crippen LogP contribution in [0.25, 0.3) is 11.3 Å². The van der Waals surface area contributed by atoms with Gasteiger partial charge in [0, 0.05) is 23.6 Å². The molecule has 0 spiro atoms. The second kappa shape index (κ2) is 7.50. The lowest BCUT2D eigenvalue weighted by Gasteiger charge is -2.18. The molecule has 0 N–H and O–H groups in total. The van der Waals surface area contributed by atoms with Crippen molar-refractivity contribution in [3.05, 3.63) is 76.2 Å². The van der Waals surface area contributed by atoms with Gasteiger partial charge < -0.3 is 4.42 Å². The van der Waals surface area contributed by atoms with Gasteiger partial charge >= 0.3 is 0 Å². The molecule has 5 rings (SSSR count). The van der Waals surface area contributed by atoms with Crippen LogP contribution in [0.4, 0.5) is 5.13 Å². The van der Waals surface area contributed by atoms with E-state index in [0.29, 0.717) is 4.90 Å². The molecule has 0 radical (unpaired) electrons. The first-order valence-electron chi connectivity index (χ1n) is 9.19. The van der Waals surface area contributed by atoms with E-state index in [9.17, 15) is 8.42 Å². The van der Waals surface area contributed by atoms with Crippen molar-refractivity contribution in [2.75, 3.05) is 11.3 Å². The SMILES string of the molecule is CS(=O)(=O)c1ccc(-c2csc(N3N=C(c4cccs4)CC3c3ccco3)n2)cc1. The first-order valence-corrected chi connectivity index (χ1v) is 12.8. The number of anilines is 1. The lowest BCUT2D eigenvalue weighted by Crippen LogP contribution is -2.17. The third-order valence-electron chi connectivity index (χ3n) is 4.85. The molecular formula is C21H17N3O3S3. The summed E-state index contributed by atoms with van der Waals surface area (Å²) in [5.74, 6) is 0.847. The largest absolute Gasteiger partial charge is 0.467 e. The zero-order chi connectivity index (χ0) is 20.7. The Morgan fingerprint density at radius 1 is 1.10 bits per heavy atom. The normalized spacial score (nSPS) is 16.8. The summed E-state index contributed by atoms with van der Waals surface area (Å²) in [4.78, 5) is 6.22. The number of thiazole rings is 1. The maximum absolute atomic E-state index is 11.7. The molecule has 9 heteroatoms. The predicted octanol–water partition coefficient (Wildman–Crippen LogP) is 5.22. The molecule has 1 aliphatic rings. The average Bonchev–Trinajstić information content (AvgIpc) is 3.54. The highest BCUT2D eigenvalue weighted by Gasteiger charge is 2.33. The second-order valence-electron chi connectivity index (χ2n) is 6.92. The predicted molar refractivity (Wildman–Crippen MR) is 120 cm³/mol. The van der Waals surface area contributed by atoms with Gasteiger partial charge in [-0.1, -0.05) is 18.2 Å². The molecule has 4 heterocycles. The van der Waals surface area contributed by atoms with Gasteiger partial charge in [-0.2, -0.15) is 5.10 Å². The maximum atomic E-state index is 11.7. The van der Waals surface area contributed by atoms with Crippen molar-refractivity contribution >= 4 is 43.4 Å². The van der Waals surface area contributed by atoms with Gasteiger partial charge in [0.15, 0.2) is 9.84 Å². The minimum absolute atomic E-state index is 0.0521. The van der Waals surface area contributed by atoms with Crippen molar-refractivity contribution in [1.82, 2.24) is 4.98 Å². The van der Waals surface area contributed by atoms with Crippen LogP contribution in [0, 0.1) is 0 Å². The van der Waals surface area contributed by atoms with Gasteiger partial charge in [0.1, 0.15) is 11.8 Å². The zero-order valence-corrected chi connectivity index (χ0v) is 18.4. The fourth-order valence-corrected chi connectivity index (χ4v) is 5.54. The van der Waals surface area contributed by atoms with Crippen LogP contribution in [0.2, 0.25) is 0 Å². The number of furan rings is 1. The molecule has 0 amide bonds. The summed E-state index contributed by atoms with van der Waals surface area (Å²) in [6.07, 6.45) is 3.62. The number of rotatable bonds is 5. The van der Waals surface area contributed by atoms with Gasteiger partial charge in [0.2, 0.25) is 5.13 Å². The molecule has 4 aromatic rings. The number of nitrogens with zero attached hydrogens (tertiary/aromatic N) is 3. The molecule has 30 heavy (non-hydrogen) atoms. The van der Waals surface area contributed by atoms with Gasteiger partial charge in [-0.25, -0.2) is 18.4 Å². The van der Waals surface area contributed by atoms with E-state index in [1.165, 1.54) is 17.6 Å². The summed E-state index contributed by atoms with van der Waals surface area (Å²) in [6, 6.07) is 14.7. The zero-order valence-electron chi connectivity index (χ0n) is 15.9. The molecule has 0 aliphatic carbocycles. The highest BCUT2D eigenvalue weighted by Crippen LogP contribution is 2.40. The third-order valence-corrected chi connectivity index (χ3v) is 7.73. The standard InChI is InChI=1S/C21H17N3O3S3/c1-30(25,26)15-8-6-14(7-9-15)17-13-29-21(22-17)24-18(19-4-2-10-27-19)12-16(23-24)20-5-3-11-28-20/h2-11,13,18H,12H2,1H3. The number of thiophene rings is 1. The van der Waals surface area contributed by atoms with E-state index in [-0.39, 0.29) is 6.04 Å². The number of sulfone groups is 1. The number of hydrazone groups is 1. The monoisotopic (exact) mass is 455 g/mol. The topological polar surface area (TPSA) is 75.8 Å². The van der Waals surface area contributed by atoms with Gasteiger partial charge in [-0.15, -0.1) is 22.7 Å². The van der Waals surface area contributed by atoms with Gasteiger partial charge in [-0.05, 0) is 35.7 Å². The van der Waals surface area contributed by atoms with Crippen molar-refractivity contribution in [1.29, 1.82) is 0 Å². The van der Waals surface area contributed by atoms with Gasteiger partial charge in [0.25, 0.3) is 0 Å². The molecular weight excluding hydrogens is 438 g/mol. The molecule has 1 unspecified atom stereocenters. The van der Waals surface area contributed by atoms with Crippen molar-refractivity contribution in [2.24, 2.45) is 5.10 Å². The smallest absolute Gasteiger partial charge is 0.207 e. The van der Waals surface area contributed by atoms with E-state index in [1.807, 2.05) is 34.0 Å². The van der Waals surface area contributed by atoms with E-state index in [4.69, 9.17) is 14.5 Å². The Balaban J connectivity index is 1.48. The maximum Gasteiger partial charge on any atom is 0.207 e. The summed E-state index contributed by atoms with van der Waals surface area (Å²) in [5.41, 5.74) is 2.66. The highest BCUT2D eigenvalue weighted by atomic mass is 32.2. The number of hydrogen-bond donors (Lipinski definition) is 0. The van der Waals surface area contributed by atoms with E-state index in [1.54, 1.807) is 41.9 Å². The Morgan fingerprint density at radius 3 is 2.60 bits per heavy atom. The fraction of sp³-hybridized carbons (Fsp3) is 0.143. The number of benzene rings is 1. The highest BCUT2D eigenvalue weighted by molar-refractivity contribution is 7.90. The molecule has 1 aromatic carbocycles. The van der Waals surface area contributed by atoms with Crippen LogP contribution in [0.15, 0.2) is 80.0 Å². The molecule has 152 valence electrons. The average molecular weight is 456 g/mol. The summed E-state index contributed by atoms with van der Waals surface area (Å²) < 4.78 is 29.1. The second-order valence-corrected chi connectivity index (χ2v) is 10.7. The number of aromatic nitrogens is 1. The summed E-state index contributed by atoms with van der Waals surface area (Å²) in [6.45, 7) is 0. The van der Waals surface area contributed by atoms with E-state index in [2.05, 4.69) is 6.07 Å². The van der Waals surface area contributed by atoms with Crippen LogP contribution in [0.5, 0.6) is 0 Å². The Morgan fingerprint density at radius 2 is 1.93 bits per heavy atom. The minimum Gasteiger partial charge on any atom is -0.467 e. The Labute approximate surface area is 182 Å². The van der Waals surface area contributed by atoms with E-state index >= 15 is 0 Å². The molecule has 0 fully saturated rings. The van der Waals surface area contributed by atoms with Gasteiger partial charge in [-0.3, -0.25) is 0 Å². The lowest BCUT2D eigenvalue weighted by atomic mass is 10.1. The molecule has 3 aromatic heterocycles.